The van der Waals surface area contributed by atoms with E-state index < -0.39 is 5.41 Å². The Labute approximate surface area is 172 Å². The van der Waals surface area contributed by atoms with Crippen LogP contribution in [0.5, 0.6) is 5.75 Å². The molecule has 0 aromatic heterocycles. The van der Waals surface area contributed by atoms with Gasteiger partial charge in [-0.25, -0.2) is 4.79 Å². The lowest BCUT2D eigenvalue weighted by Gasteiger charge is -2.23. The van der Waals surface area contributed by atoms with Crippen molar-refractivity contribution in [3.8, 4) is 5.75 Å². The molecular weight excluding hydrogens is 366 g/mol. The predicted octanol–water partition coefficient (Wildman–Crippen LogP) is 5.09. The summed E-state index contributed by atoms with van der Waals surface area (Å²) in [6.07, 6.45) is 4.57. The fourth-order valence-corrected chi connectivity index (χ4v) is 2.67. The van der Waals surface area contributed by atoms with Gasteiger partial charge in [0.1, 0.15) is 5.75 Å². The van der Waals surface area contributed by atoms with Gasteiger partial charge < -0.3 is 14.8 Å². The van der Waals surface area contributed by atoms with E-state index in [4.69, 9.17) is 9.47 Å². The second-order valence-electron chi connectivity index (χ2n) is 7.31. The minimum atomic E-state index is -0.511. The van der Waals surface area contributed by atoms with Gasteiger partial charge in [0.15, 0.2) is 0 Å². The summed E-state index contributed by atoms with van der Waals surface area (Å²) in [6, 6.07) is 17.0. The van der Waals surface area contributed by atoms with Crippen LogP contribution in [0.4, 0.5) is 5.69 Å². The molecule has 0 heterocycles. The SMILES string of the molecule is CCOC(=O)/C=C/c1ccc(NC(=O)C(C)(C)CCCOc2ccccc2)cc1. The van der Waals surface area contributed by atoms with Gasteiger partial charge in [-0.1, -0.05) is 44.2 Å². The Morgan fingerprint density at radius 1 is 1.03 bits per heavy atom. The number of carbonyl (C=O) groups excluding carboxylic acids is 2. The molecular formula is C24H29NO4. The van der Waals surface area contributed by atoms with Crippen molar-refractivity contribution in [1.82, 2.24) is 0 Å². The smallest absolute Gasteiger partial charge is 0.330 e. The van der Waals surface area contributed by atoms with E-state index in [-0.39, 0.29) is 11.9 Å². The first-order chi connectivity index (χ1) is 13.9. The van der Waals surface area contributed by atoms with Crippen molar-refractivity contribution in [3.63, 3.8) is 0 Å². The van der Waals surface area contributed by atoms with Gasteiger partial charge in [-0.3, -0.25) is 4.79 Å². The van der Waals surface area contributed by atoms with Gasteiger partial charge in [0, 0.05) is 17.2 Å². The van der Waals surface area contributed by atoms with Gasteiger partial charge in [0.25, 0.3) is 0 Å². The molecule has 2 aromatic rings. The number of hydrogen-bond acceptors (Lipinski definition) is 4. The van der Waals surface area contributed by atoms with Crippen molar-refractivity contribution >= 4 is 23.6 Å². The zero-order chi connectivity index (χ0) is 21.1. The molecule has 0 aliphatic carbocycles. The van der Waals surface area contributed by atoms with Crippen LogP contribution in [0.2, 0.25) is 0 Å². The molecule has 0 spiro atoms. The van der Waals surface area contributed by atoms with Crippen molar-refractivity contribution in [2.75, 3.05) is 18.5 Å². The van der Waals surface area contributed by atoms with Gasteiger partial charge in [0.2, 0.25) is 5.91 Å². The molecule has 0 aliphatic heterocycles. The van der Waals surface area contributed by atoms with Crippen molar-refractivity contribution < 1.29 is 19.1 Å². The van der Waals surface area contributed by atoms with Crippen LogP contribution >= 0.6 is 0 Å². The third-order valence-electron chi connectivity index (χ3n) is 4.44. The number of ether oxygens (including phenoxy) is 2. The Morgan fingerprint density at radius 2 is 1.72 bits per heavy atom. The highest BCUT2D eigenvalue weighted by Crippen LogP contribution is 2.25. The maximum Gasteiger partial charge on any atom is 0.330 e. The van der Waals surface area contributed by atoms with Gasteiger partial charge in [-0.15, -0.1) is 0 Å². The fourth-order valence-electron chi connectivity index (χ4n) is 2.67. The molecule has 2 aromatic carbocycles. The molecule has 154 valence electrons. The lowest BCUT2D eigenvalue weighted by molar-refractivity contribution is -0.137. The van der Waals surface area contributed by atoms with Crippen LogP contribution in [-0.4, -0.2) is 25.1 Å². The van der Waals surface area contributed by atoms with E-state index in [1.54, 1.807) is 13.0 Å². The number of esters is 1. The highest BCUT2D eigenvalue weighted by Gasteiger charge is 2.27. The second kappa shape index (κ2) is 11.1. The number of para-hydroxylation sites is 1. The van der Waals surface area contributed by atoms with Crippen LogP contribution in [0.15, 0.2) is 60.7 Å². The summed E-state index contributed by atoms with van der Waals surface area (Å²) >= 11 is 0. The highest BCUT2D eigenvalue weighted by molar-refractivity contribution is 5.95. The largest absolute Gasteiger partial charge is 0.494 e. The van der Waals surface area contributed by atoms with Crippen LogP contribution in [0, 0.1) is 5.41 Å². The summed E-state index contributed by atoms with van der Waals surface area (Å²) in [6.45, 7) is 6.55. The van der Waals surface area contributed by atoms with E-state index >= 15 is 0 Å². The van der Waals surface area contributed by atoms with E-state index in [1.807, 2.05) is 68.4 Å². The van der Waals surface area contributed by atoms with Crippen LogP contribution in [0.25, 0.3) is 6.08 Å². The maximum absolute atomic E-state index is 12.6. The average molecular weight is 395 g/mol. The lowest BCUT2D eigenvalue weighted by atomic mass is 9.87. The third-order valence-corrected chi connectivity index (χ3v) is 4.44. The molecule has 0 saturated carbocycles. The van der Waals surface area contributed by atoms with Crippen LogP contribution in [-0.2, 0) is 14.3 Å². The fraction of sp³-hybridized carbons (Fsp3) is 0.333. The number of nitrogens with one attached hydrogen (secondary N) is 1. The van der Waals surface area contributed by atoms with Gasteiger partial charge in [-0.2, -0.15) is 0 Å². The molecule has 1 N–H and O–H groups in total. The van der Waals surface area contributed by atoms with Gasteiger partial charge in [-0.05, 0) is 55.7 Å². The molecule has 2 rings (SSSR count). The molecule has 0 radical (unpaired) electrons. The molecule has 5 heteroatoms. The minimum absolute atomic E-state index is 0.0352. The number of hydrogen-bond donors (Lipinski definition) is 1. The standard InChI is InChI=1S/C24H29NO4/c1-4-28-22(26)16-13-19-11-14-20(15-12-19)25-23(27)24(2,3)17-8-18-29-21-9-6-5-7-10-21/h5-7,9-16H,4,8,17-18H2,1-3H3,(H,25,27)/b16-13+. The van der Waals surface area contributed by atoms with Gasteiger partial charge in [0.05, 0.1) is 13.2 Å². The molecule has 5 nitrogen and oxygen atoms in total. The van der Waals surface area contributed by atoms with Crippen molar-refractivity contribution in [3.05, 3.63) is 66.2 Å². The summed E-state index contributed by atoms with van der Waals surface area (Å²) in [5.41, 5.74) is 1.06. The summed E-state index contributed by atoms with van der Waals surface area (Å²) < 4.78 is 10.5. The van der Waals surface area contributed by atoms with Crippen LogP contribution in [0.1, 0.15) is 39.2 Å². The molecule has 29 heavy (non-hydrogen) atoms. The summed E-state index contributed by atoms with van der Waals surface area (Å²) in [7, 11) is 0. The third kappa shape index (κ3) is 7.82. The Bertz CT molecular complexity index is 811. The van der Waals surface area contributed by atoms with Crippen molar-refractivity contribution in [2.24, 2.45) is 5.41 Å². The second-order valence-corrected chi connectivity index (χ2v) is 7.31. The number of benzene rings is 2. The molecule has 0 bridgehead atoms. The van der Waals surface area contributed by atoms with Crippen molar-refractivity contribution in [2.45, 2.75) is 33.6 Å². The van der Waals surface area contributed by atoms with E-state index in [2.05, 4.69) is 5.32 Å². The normalized spacial score (nSPS) is 11.3. The first kappa shape index (κ1) is 22.2. The summed E-state index contributed by atoms with van der Waals surface area (Å²) in [4.78, 5) is 24.0. The zero-order valence-corrected chi connectivity index (χ0v) is 17.3. The number of rotatable bonds is 10. The lowest BCUT2D eigenvalue weighted by Crippen LogP contribution is -2.31. The number of anilines is 1. The van der Waals surface area contributed by atoms with Crippen LogP contribution < -0.4 is 10.1 Å². The molecule has 0 fully saturated rings. The zero-order valence-electron chi connectivity index (χ0n) is 17.3. The number of carbonyl (C=O) groups is 2. The molecule has 0 aliphatic rings. The monoisotopic (exact) mass is 395 g/mol. The average Bonchev–Trinajstić information content (AvgIpc) is 2.72. The van der Waals surface area contributed by atoms with E-state index in [9.17, 15) is 9.59 Å². The minimum Gasteiger partial charge on any atom is -0.494 e. The first-order valence-corrected chi connectivity index (χ1v) is 9.85. The molecule has 0 saturated heterocycles. The van der Waals surface area contributed by atoms with E-state index in [0.717, 1.165) is 23.4 Å². The summed E-state index contributed by atoms with van der Waals surface area (Å²) in [5.74, 6) is 0.432. The first-order valence-electron chi connectivity index (χ1n) is 9.85. The Kier molecular flexibility index (Phi) is 8.46. The highest BCUT2D eigenvalue weighted by atomic mass is 16.5. The van der Waals surface area contributed by atoms with E-state index in [1.165, 1.54) is 6.08 Å². The summed E-state index contributed by atoms with van der Waals surface area (Å²) in [5, 5.41) is 2.96. The Balaban J connectivity index is 1.80. The van der Waals surface area contributed by atoms with E-state index in [0.29, 0.717) is 19.6 Å². The van der Waals surface area contributed by atoms with Gasteiger partial charge >= 0.3 is 5.97 Å². The Hall–Kier alpha value is -3.08. The molecule has 0 unspecified atom stereocenters. The quantitative estimate of drug-likeness (QED) is 0.346. The van der Waals surface area contributed by atoms with Crippen LogP contribution in [0.3, 0.4) is 0 Å². The predicted molar refractivity (Wildman–Crippen MR) is 116 cm³/mol. The van der Waals surface area contributed by atoms with Crippen molar-refractivity contribution in [1.29, 1.82) is 0 Å². The molecule has 1 amide bonds. The molecule has 0 atom stereocenters. The topological polar surface area (TPSA) is 64.6 Å². The maximum atomic E-state index is 12.6. The number of amides is 1. The Morgan fingerprint density at radius 3 is 2.38 bits per heavy atom.